The van der Waals surface area contributed by atoms with Crippen LogP contribution in [0.15, 0.2) is 69.3 Å². The van der Waals surface area contributed by atoms with Crippen molar-refractivity contribution in [3.05, 3.63) is 65.1 Å². The molecule has 7 heteroatoms. The number of amides is 3. The van der Waals surface area contributed by atoms with E-state index in [1.165, 1.54) is 0 Å². The molecular weight excluding hydrogens is 404 g/mol. The van der Waals surface area contributed by atoms with Gasteiger partial charge in [-0.25, -0.2) is 0 Å². The molecule has 0 spiro atoms. The van der Waals surface area contributed by atoms with Gasteiger partial charge in [-0.2, -0.15) is 0 Å². The first-order valence-electron chi connectivity index (χ1n) is 9.46. The number of hydrogen-bond donors (Lipinski definition) is 0. The van der Waals surface area contributed by atoms with Crippen LogP contribution in [0.2, 0.25) is 0 Å². The number of imide groups is 1. The van der Waals surface area contributed by atoms with Crippen LogP contribution in [0.25, 0.3) is 6.08 Å². The minimum Gasteiger partial charge on any atom is -0.341 e. The maximum Gasteiger partial charge on any atom is 0.294 e. The normalized spacial score (nSPS) is 18.1. The van der Waals surface area contributed by atoms with Crippen molar-refractivity contribution in [1.82, 2.24) is 9.80 Å². The van der Waals surface area contributed by atoms with Gasteiger partial charge in [-0.3, -0.25) is 19.3 Å². The molecule has 2 aliphatic heterocycles. The molecule has 4 rings (SSSR count). The lowest BCUT2D eigenvalue weighted by Crippen LogP contribution is -2.40. The Bertz CT molecular complexity index is 952. The number of nitrogens with zero attached hydrogens (tertiary/aromatic N) is 2. The summed E-state index contributed by atoms with van der Waals surface area (Å²) < 4.78 is 0. The molecule has 0 unspecified atom stereocenters. The van der Waals surface area contributed by atoms with E-state index in [2.05, 4.69) is 12.1 Å². The number of hydrogen-bond acceptors (Lipinski definition) is 5. The Balaban J connectivity index is 1.42. The van der Waals surface area contributed by atoms with Crippen LogP contribution in [0.5, 0.6) is 0 Å². The summed E-state index contributed by atoms with van der Waals surface area (Å²) in [5.41, 5.74) is 0.846. The molecule has 0 bridgehead atoms. The van der Waals surface area contributed by atoms with Gasteiger partial charge in [-0.1, -0.05) is 42.1 Å². The molecule has 0 radical (unpaired) electrons. The minimum atomic E-state index is -0.393. The highest BCUT2D eigenvalue weighted by molar-refractivity contribution is 8.18. The zero-order valence-corrected chi connectivity index (χ0v) is 17.4. The highest BCUT2D eigenvalue weighted by Crippen LogP contribution is 2.33. The fourth-order valence-corrected chi connectivity index (χ4v) is 4.92. The van der Waals surface area contributed by atoms with Crippen LogP contribution in [0, 0.1) is 0 Å². The number of carbonyl (C=O) groups is 3. The summed E-state index contributed by atoms with van der Waals surface area (Å²) in [5.74, 6) is -0.552. The summed E-state index contributed by atoms with van der Waals surface area (Å²) in [4.78, 5) is 42.5. The summed E-state index contributed by atoms with van der Waals surface area (Å²) in [6.07, 6.45) is 3.67. The van der Waals surface area contributed by atoms with Crippen LogP contribution in [0.4, 0.5) is 4.79 Å². The Morgan fingerprint density at radius 3 is 2.31 bits per heavy atom. The molecule has 2 heterocycles. The summed E-state index contributed by atoms with van der Waals surface area (Å²) in [6.45, 7) is 1.24. The van der Waals surface area contributed by atoms with E-state index in [1.807, 2.05) is 42.5 Å². The minimum absolute atomic E-state index is 0.159. The fourth-order valence-electron chi connectivity index (χ4n) is 3.25. The Morgan fingerprint density at radius 1 is 0.966 bits per heavy atom. The van der Waals surface area contributed by atoms with Crippen LogP contribution in [0.3, 0.4) is 0 Å². The van der Waals surface area contributed by atoms with Crippen LogP contribution in [0.1, 0.15) is 18.4 Å². The summed E-state index contributed by atoms with van der Waals surface area (Å²) in [7, 11) is 0. The van der Waals surface area contributed by atoms with E-state index >= 15 is 0 Å². The van der Waals surface area contributed by atoms with Gasteiger partial charge >= 0.3 is 0 Å². The van der Waals surface area contributed by atoms with Gasteiger partial charge in [0.1, 0.15) is 6.54 Å². The highest BCUT2D eigenvalue weighted by atomic mass is 32.2. The van der Waals surface area contributed by atoms with Crippen molar-refractivity contribution in [2.75, 3.05) is 19.6 Å². The molecule has 29 heavy (non-hydrogen) atoms. The first-order chi connectivity index (χ1) is 14.1. The molecule has 2 aromatic carbocycles. The SMILES string of the molecule is O=C(CN1C(=O)S/C(=C/c2ccc(Sc3ccccc3)cc2)C1=O)N1CCCC1. The molecule has 3 amide bonds. The molecule has 2 fully saturated rings. The number of benzene rings is 2. The van der Waals surface area contributed by atoms with Gasteiger partial charge in [-0.05, 0) is 60.5 Å². The van der Waals surface area contributed by atoms with Crippen molar-refractivity contribution in [2.24, 2.45) is 0 Å². The van der Waals surface area contributed by atoms with Crippen LogP contribution < -0.4 is 0 Å². The van der Waals surface area contributed by atoms with E-state index in [-0.39, 0.29) is 17.7 Å². The monoisotopic (exact) mass is 424 g/mol. The third-order valence-corrected chi connectivity index (χ3v) is 6.71. The third-order valence-electron chi connectivity index (χ3n) is 4.78. The predicted octanol–water partition coefficient (Wildman–Crippen LogP) is 4.50. The van der Waals surface area contributed by atoms with E-state index in [1.54, 1.807) is 22.7 Å². The van der Waals surface area contributed by atoms with Crippen LogP contribution >= 0.6 is 23.5 Å². The zero-order chi connectivity index (χ0) is 20.2. The van der Waals surface area contributed by atoms with Crippen molar-refractivity contribution in [2.45, 2.75) is 22.6 Å². The predicted molar refractivity (Wildman–Crippen MR) is 115 cm³/mol. The van der Waals surface area contributed by atoms with E-state index in [4.69, 9.17) is 0 Å². The Hall–Kier alpha value is -2.51. The molecule has 0 N–H and O–H groups in total. The zero-order valence-electron chi connectivity index (χ0n) is 15.7. The molecule has 2 saturated heterocycles. The van der Waals surface area contributed by atoms with Crippen molar-refractivity contribution in [3.63, 3.8) is 0 Å². The third kappa shape index (κ3) is 4.74. The Labute approximate surface area is 178 Å². The lowest BCUT2D eigenvalue weighted by atomic mass is 10.2. The quantitative estimate of drug-likeness (QED) is 0.662. The summed E-state index contributed by atoms with van der Waals surface area (Å²) in [6, 6.07) is 17.9. The lowest BCUT2D eigenvalue weighted by Gasteiger charge is -2.18. The van der Waals surface area contributed by atoms with Gasteiger partial charge in [0.05, 0.1) is 4.91 Å². The smallest absolute Gasteiger partial charge is 0.294 e. The second-order valence-electron chi connectivity index (χ2n) is 6.84. The maximum atomic E-state index is 12.6. The first-order valence-corrected chi connectivity index (χ1v) is 11.1. The Kier molecular flexibility index (Phi) is 6.06. The van der Waals surface area contributed by atoms with Gasteiger partial charge in [0.25, 0.3) is 11.1 Å². The van der Waals surface area contributed by atoms with Crippen molar-refractivity contribution in [3.8, 4) is 0 Å². The topological polar surface area (TPSA) is 57.7 Å². The number of likely N-dealkylation sites (tertiary alicyclic amines) is 1. The largest absolute Gasteiger partial charge is 0.341 e. The molecule has 0 atom stereocenters. The molecule has 148 valence electrons. The van der Waals surface area contributed by atoms with Gasteiger partial charge < -0.3 is 4.90 Å². The van der Waals surface area contributed by atoms with Crippen molar-refractivity contribution in [1.29, 1.82) is 0 Å². The summed E-state index contributed by atoms with van der Waals surface area (Å²) in [5, 5.41) is -0.384. The van der Waals surface area contributed by atoms with Crippen molar-refractivity contribution >= 4 is 46.7 Å². The molecule has 2 aromatic rings. The molecule has 5 nitrogen and oxygen atoms in total. The second kappa shape index (κ2) is 8.88. The number of rotatable bonds is 5. The molecule has 0 saturated carbocycles. The van der Waals surface area contributed by atoms with Gasteiger partial charge in [0.2, 0.25) is 5.91 Å². The highest BCUT2D eigenvalue weighted by Gasteiger charge is 2.37. The first kappa shape index (κ1) is 19.8. The number of thioether (sulfide) groups is 1. The van der Waals surface area contributed by atoms with Gasteiger partial charge in [0.15, 0.2) is 0 Å². The molecular formula is C22H20N2O3S2. The average Bonchev–Trinajstić information content (AvgIpc) is 3.35. The van der Waals surface area contributed by atoms with Crippen LogP contribution in [-0.2, 0) is 9.59 Å². The van der Waals surface area contributed by atoms with Crippen molar-refractivity contribution < 1.29 is 14.4 Å². The molecule has 0 aliphatic carbocycles. The number of carbonyl (C=O) groups excluding carboxylic acids is 3. The Morgan fingerprint density at radius 2 is 1.62 bits per heavy atom. The van der Waals surface area contributed by atoms with Gasteiger partial charge in [0, 0.05) is 22.9 Å². The van der Waals surface area contributed by atoms with E-state index in [0.29, 0.717) is 18.0 Å². The fraction of sp³-hybridized carbons (Fsp3) is 0.227. The lowest BCUT2D eigenvalue weighted by molar-refractivity contribution is -0.135. The maximum absolute atomic E-state index is 12.6. The van der Waals surface area contributed by atoms with E-state index in [9.17, 15) is 14.4 Å². The standard InChI is InChI=1S/C22H20N2O3S2/c25-20(23-12-4-5-13-23)15-24-21(26)19(29-22(24)27)14-16-8-10-18(11-9-16)28-17-6-2-1-3-7-17/h1-3,6-11,14H,4-5,12-13,15H2/b19-14+. The van der Waals surface area contributed by atoms with Gasteiger partial charge in [-0.15, -0.1) is 0 Å². The van der Waals surface area contributed by atoms with E-state index in [0.717, 1.165) is 44.9 Å². The second-order valence-corrected chi connectivity index (χ2v) is 8.98. The summed E-state index contributed by atoms with van der Waals surface area (Å²) >= 11 is 2.55. The van der Waals surface area contributed by atoms with E-state index < -0.39 is 5.91 Å². The molecule has 2 aliphatic rings. The van der Waals surface area contributed by atoms with Crippen LogP contribution in [-0.4, -0.2) is 46.5 Å². The average molecular weight is 425 g/mol. The molecule has 0 aromatic heterocycles.